The first-order valence-corrected chi connectivity index (χ1v) is 9.05. The van der Waals surface area contributed by atoms with Gasteiger partial charge in [-0.1, -0.05) is 24.3 Å². The molecule has 4 rings (SSSR count). The van der Waals surface area contributed by atoms with E-state index in [0.29, 0.717) is 13.0 Å². The zero-order chi connectivity index (χ0) is 19.3. The first-order valence-electron chi connectivity index (χ1n) is 9.05. The van der Waals surface area contributed by atoms with Crippen LogP contribution in [0.4, 0.5) is 4.39 Å². The Morgan fingerprint density at radius 3 is 2.64 bits per heavy atom. The topological polar surface area (TPSA) is 59.3 Å². The zero-order valence-electron chi connectivity index (χ0n) is 15.1. The Labute approximate surface area is 161 Å². The van der Waals surface area contributed by atoms with Crippen molar-refractivity contribution in [3.05, 3.63) is 102 Å². The summed E-state index contributed by atoms with van der Waals surface area (Å²) in [5, 5.41) is 2.97. The predicted molar refractivity (Wildman–Crippen MR) is 104 cm³/mol. The van der Waals surface area contributed by atoms with Crippen molar-refractivity contribution in [2.75, 3.05) is 0 Å². The SMILES string of the molecule is O=C(NCc1ncc2ccccn12)C(Cc1ccccn1)c1ccc(F)cc1. The van der Waals surface area contributed by atoms with Crippen LogP contribution in [0, 0.1) is 5.82 Å². The molecule has 5 nitrogen and oxygen atoms in total. The lowest BCUT2D eigenvalue weighted by atomic mass is 9.93. The molecule has 6 heteroatoms. The van der Waals surface area contributed by atoms with Gasteiger partial charge in [0.05, 0.1) is 24.2 Å². The molecule has 3 heterocycles. The summed E-state index contributed by atoms with van der Waals surface area (Å²) in [5.74, 6) is -0.198. The van der Waals surface area contributed by atoms with Gasteiger partial charge >= 0.3 is 0 Å². The quantitative estimate of drug-likeness (QED) is 0.562. The Morgan fingerprint density at radius 2 is 1.86 bits per heavy atom. The smallest absolute Gasteiger partial charge is 0.228 e. The second-order valence-corrected chi connectivity index (χ2v) is 6.52. The van der Waals surface area contributed by atoms with E-state index in [1.165, 1.54) is 12.1 Å². The van der Waals surface area contributed by atoms with Crippen molar-refractivity contribution in [2.45, 2.75) is 18.9 Å². The Kier molecular flexibility index (Phi) is 5.10. The summed E-state index contributed by atoms with van der Waals surface area (Å²) < 4.78 is 15.3. The fourth-order valence-electron chi connectivity index (χ4n) is 3.20. The van der Waals surface area contributed by atoms with E-state index >= 15 is 0 Å². The van der Waals surface area contributed by atoms with Gasteiger partial charge in [-0.15, -0.1) is 0 Å². The lowest BCUT2D eigenvalue weighted by Crippen LogP contribution is -2.31. The predicted octanol–water partition coefficient (Wildman–Crippen LogP) is 3.51. The average molecular weight is 374 g/mol. The number of amides is 1. The fraction of sp³-hybridized carbons (Fsp3) is 0.136. The second kappa shape index (κ2) is 8.00. The molecule has 0 aliphatic carbocycles. The van der Waals surface area contributed by atoms with E-state index in [2.05, 4.69) is 15.3 Å². The van der Waals surface area contributed by atoms with Gasteiger partial charge in [0.1, 0.15) is 11.6 Å². The molecule has 1 unspecified atom stereocenters. The number of hydrogen-bond donors (Lipinski definition) is 1. The zero-order valence-corrected chi connectivity index (χ0v) is 15.1. The first kappa shape index (κ1) is 17.9. The van der Waals surface area contributed by atoms with Gasteiger partial charge in [0.25, 0.3) is 0 Å². The maximum absolute atomic E-state index is 13.3. The second-order valence-electron chi connectivity index (χ2n) is 6.52. The molecule has 0 aliphatic rings. The Bertz CT molecular complexity index is 1080. The number of fused-ring (bicyclic) bond motifs is 1. The molecule has 0 saturated carbocycles. The van der Waals surface area contributed by atoms with Gasteiger partial charge in [-0.3, -0.25) is 9.78 Å². The molecule has 0 radical (unpaired) electrons. The van der Waals surface area contributed by atoms with Crippen LogP contribution in [0.25, 0.3) is 5.52 Å². The fourth-order valence-corrected chi connectivity index (χ4v) is 3.20. The number of nitrogens with zero attached hydrogens (tertiary/aromatic N) is 3. The number of nitrogens with one attached hydrogen (secondary N) is 1. The van der Waals surface area contributed by atoms with Crippen molar-refractivity contribution < 1.29 is 9.18 Å². The molecular formula is C22H19FN4O. The minimum atomic E-state index is -0.471. The first-order chi connectivity index (χ1) is 13.7. The van der Waals surface area contributed by atoms with Crippen LogP contribution < -0.4 is 5.32 Å². The normalized spacial score (nSPS) is 12.0. The third-order valence-electron chi connectivity index (χ3n) is 4.66. The number of aromatic nitrogens is 3. The van der Waals surface area contributed by atoms with Crippen molar-refractivity contribution in [3.63, 3.8) is 0 Å². The van der Waals surface area contributed by atoms with E-state index in [-0.39, 0.29) is 11.7 Å². The molecule has 1 aromatic carbocycles. The van der Waals surface area contributed by atoms with Crippen LogP contribution >= 0.6 is 0 Å². The van der Waals surface area contributed by atoms with Crippen LogP contribution in [-0.2, 0) is 17.8 Å². The van der Waals surface area contributed by atoms with Crippen LogP contribution in [0.5, 0.6) is 0 Å². The summed E-state index contributed by atoms with van der Waals surface area (Å²) in [7, 11) is 0. The number of carbonyl (C=O) groups excluding carboxylic acids is 1. The maximum atomic E-state index is 13.3. The monoisotopic (exact) mass is 374 g/mol. The van der Waals surface area contributed by atoms with E-state index in [1.54, 1.807) is 24.5 Å². The molecule has 140 valence electrons. The molecule has 3 aromatic heterocycles. The number of halogens is 1. The van der Waals surface area contributed by atoms with Crippen LogP contribution in [0.3, 0.4) is 0 Å². The third kappa shape index (κ3) is 3.91. The number of benzene rings is 1. The highest BCUT2D eigenvalue weighted by atomic mass is 19.1. The van der Waals surface area contributed by atoms with E-state index in [1.807, 2.05) is 47.0 Å². The van der Waals surface area contributed by atoms with Gasteiger partial charge in [0, 0.05) is 24.5 Å². The summed E-state index contributed by atoms with van der Waals surface area (Å²) >= 11 is 0. The largest absolute Gasteiger partial charge is 0.348 e. The lowest BCUT2D eigenvalue weighted by Gasteiger charge is -2.17. The summed E-state index contributed by atoms with van der Waals surface area (Å²) in [5.41, 5.74) is 2.52. The van der Waals surface area contributed by atoms with Crippen molar-refractivity contribution in [1.82, 2.24) is 19.7 Å². The molecule has 0 saturated heterocycles. The highest BCUT2D eigenvalue weighted by molar-refractivity contribution is 5.83. The van der Waals surface area contributed by atoms with Crippen molar-refractivity contribution in [2.24, 2.45) is 0 Å². The van der Waals surface area contributed by atoms with E-state index in [4.69, 9.17) is 0 Å². The Balaban J connectivity index is 1.54. The standard InChI is InChI=1S/C22H19FN4O/c23-17-9-7-16(8-10-17)20(13-18-5-1-3-11-24-18)22(28)26-15-21-25-14-19-6-2-4-12-27(19)21/h1-12,14,20H,13,15H2,(H,26,28). The van der Waals surface area contributed by atoms with Gasteiger partial charge in [-0.05, 0) is 42.0 Å². The van der Waals surface area contributed by atoms with Crippen LogP contribution in [0.1, 0.15) is 23.0 Å². The molecule has 28 heavy (non-hydrogen) atoms. The molecule has 0 spiro atoms. The molecule has 1 N–H and O–H groups in total. The number of rotatable bonds is 6. The van der Waals surface area contributed by atoms with Crippen molar-refractivity contribution in [3.8, 4) is 0 Å². The summed E-state index contributed by atoms with van der Waals surface area (Å²) in [6, 6.07) is 17.5. The van der Waals surface area contributed by atoms with Crippen LogP contribution in [0.2, 0.25) is 0 Å². The van der Waals surface area contributed by atoms with Gasteiger partial charge in [0.15, 0.2) is 0 Å². The van der Waals surface area contributed by atoms with Gasteiger partial charge < -0.3 is 9.72 Å². The van der Waals surface area contributed by atoms with E-state index in [9.17, 15) is 9.18 Å². The third-order valence-corrected chi connectivity index (χ3v) is 4.66. The summed E-state index contributed by atoms with van der Waals surface area (Å²) in [6.45, 7) is 0.303. The highest BCUT2D eigenvalue weighted by Crippen LogP contribution is 2.21. The molecule has 0 aliphatic heterocycles. The number of imidazole rings is 1. The molecule has 0 fully saturated rings. The van der Waals surface area contributed by atoms with Crippen molar-refractivity contribution in [1.29, 1.82) is 0 Å². The molecule has 0 bridgehead atoms. The Morgan fingerprint density at radius 1 is 1.04 bits per heavy atom. The Hall–Kier alpha value is -3.54. The van der Waals surface area contributed by atoms with Gasteiger partial charge in [0.2, 0.25) is 5.91 Å². The number of pyridine rings is 2. The van der Waals surface area contributed by atoms with Crippen LogP contribution in [-0.4, -0.2) is 20.3 Å². The van der Waals surface area contributed by atoms with Gasteiger partial charge in [-0.2, -0.15) is 0 Å². The molecular weight excluding hydrogens is 355 g/mol. The molecule has 1 amide bonds. The number of hydrogen-bond acceptors (Lipinski definition) is 3. The molecule has 4 aromatic rings. The molecule has 1 atom stereocenters. The summed E-state index contributed by atoms with van der Waals surface area (Å²) in [4.78, 5) is 21.7. The highest BCUT2D eigenvalue weighted by Gasteiger charge is 2.22. The van der Waals surface area contributed by atoms with Crippen LogP contribution in [0.15, 0.2) is 79.3 Å². The van der Waals surface area contributed by atoms with E-state index < -0.39 is 5.92 Å². The number of carbonyl (C=O) groups is 1. The average Bonchev–Trinajstić information content (AvgIpc) is 3.15. The minimum Gasteiger partial charge on any atom is -0.348 e. The van der Waals surface area contributed by atoms with E-state index in [0.717, 1.165) is 22.6 Å². The van der Waals surface area contributed by atoms with Crippen molar-refractivity contribution >= 4 is 11.4 Å². The van der Waals surface area contributed by atoms with Gasteiger partial charge in [-0.25, -0.2) is 9.37 Å². The maximum Gasteiger partial charge on any atom is 0.228 e. The lowest BCUT2D eigenvalue weighted by molar-refractivity contribution is -0.122. The summed E-state index contributed by atoms with van der Waals surface area (Å²) in [6.07, 6.45) is 5.81. The minimum absolute atomic E-state index is 0.148.